The lowest BCUT2D eigenvalue weighted by Gasteiger charge is -2.34. The van der Waals surface area contributed by atoms with Crippen molar-refractivity contribution in [3.63, 3.8) is 0 Å². The van der Waals surface area contributed by atoms with E-state index in [1.54, 1.807) is 34.9 Å². The molecule has 1 aromatic heterocycles. The molecule has 0 saturated carbocycles. The Labute approximate surface area is 210 Å². The highest BCUT2D eigenvalue weighted by atomic mass is 16.6. The molecule has 1 aliphatic rings. The summed E-state index contributed by atoms with van der Waals surface area (Å²) in [6, 6.07) is 12.7. The normalized spacial score (nSPS) is 13.6. The second kappa shape index (κ2) is 10.8. The van der Waals surface area contributed by atoms with Gasteiger partial charge >= 0.3 is 12.1 Å². The number of carbonyl (C=O) groups excluding carboxylic acids is 2. The molecule has 8 nitrogen and oxygen atoms in total. The molecule has 2 heterocycles. The molecule has 0 atom stereocenters. The van der Waals surface area contributed by atoms with Crippen LogP contribution in [0.15, 0.2) is 42.5 Å². The van der Waals surface area contributed by atoms with Crippen molar-refractivity contribution in [1.29, 1.82) is 0 Å². The molecule has 36 heavy (non-hydrogen) atoms. The summed E-state index contributed by atoms with van der Waals surface area (Å²) in [5, 5.41) is 10.3. The number of piperazine rings is 1. The predicted molar refractivity (Wildman–Crippen MR) is 137 cm³/mol. The van der Waals surface area contributed by atoms with Crippen molar-refractivity contribution in [2.75, 3.05) is 32.8 Å². The van der Waals surface area contributed by atoms with E-state index in [1.165, 1.54) is 0 Å². The van der Waals surface area contributed by atoms with Gasteiger partial charge in [0.1, 0.15) is 0 Å². The third-order valence-electron chi connectivity index (χ3n) is 6.56. The molecule has 2 aromatic carbocycles. The molecule has 1 fully saturated rings. The van der Waals surface area contributed by atoms with E-state index in [2.05, 4.69) is 0 Å². The average Bonchev–Trinajstić information content (AvgIpc) is 2.87. The highest BCUT2D eigenvalue weighted by molar-refractivity contribution is 5.99. The predicted octanol–water partition coefficient (Wildman–Crippen LogP) is 4.91. The van der Waals surface area contributed by atoms with Gasteiger partial charge in [0.25, 0.3) is 5.91 Å². The second-order valence-electron chi connectivity index (χ2n) is 9.14. The Bertz CT molecular complexity index is 1310. The summed E-state index contributed by atoms with van der Waals surface area (Å²) in [4.78, 5) is 45.0. The fourth-order valence-electron chi connectivity index (χ4n) is 4.42. The summed E-state index contributed by atoms with van der Waals surface area (Å²) in [5.74, 6) is -1.05. The standard InChI is InChI=1S/C28H31N3O5/c1-4-5-14-36-28(35)31-12-10-30(11-13-31)26(32)21-7-8-22-19(3)16-24(29-25(22)17-21)20-6-9-23(27(33)34)18(2)15-20/h6-9,15-17H,4-5,10-14H2,1-3H3,(H,33,34). The number of carboxylic acids is 1. The van der Waals surface area contributed by atoms with Crippen LogP contribution >= 0.6 is 0 Å². The number of aromatic nitrogens is 1. The van der Waals surface area contributed by atoms with Crippen molar-refractivity contribution in [3.8, 4) is 11.3 Å². The van der Waals surface area contributed by atoms with Gasteiger partial charge in [0.15, 0.2) is 0 Å². The van der Waals surface area contributed by atoms with Crippen molar-refractivity contribution in [2.24, 2.45) is 0 Å². The van der Waals surface area contributed by atoms with E-state index in [0.717, 1.165) is 35.0 Å². The molecule has 0 bridgehead atoms. The Morgan fingerprint density at radius 2 is 1.67 bits per heavy atom. The zero-order valence-corrected chi connectivity index (χ0v) is 20.9. The van der Waals surface area contributed by atoms with Gasteiger partial charge in [-0.1, -0.05) is 25.5 Å². The van der Waals surface area contributed by atoms with E-state index < -0.39 is 5.97 Å². The molecule has 188 valence electrons. The number of benzene rings is 2. The number of carboxylic acid groups (broad SMARTS) is 1. The minimum atomic E-state index is -0.959. The molecule has 2 amide bonds. The molecule has 0 spiro atoms. The van der Waals surface area contributed by atoms with Crippen molar-refractivity contribution in [3.05, 3.63) is 64.7 Å². The van der Waals surface area contributed by atoms with Crippen LogP contribution in [0.4, 0.5) is 4.79 Å². The van der Waals surface area contributed by atoms with Gasteiger partial charge in [0.05, 0.1) is 23.4 Å². The Balaban J connectivity index is 1.52. The van der Waals surface area contributed by atoms with Gasteiger partial charge in [-0.05, 0) is 61.7 Å². The van der Waals surface area contributed by atoms with Crippen LogP contribution in [0.25, 0.3) is 22.2 Å². The molecule has 4 rings (SSSR count). The molecule has 0 aliphatic carbocycles. The fourth-order valence-corrected chi connectivity index (χ4v) is 4.42. The molecule has 8 heteroatoms. The summed E-state index contributed by atoms with van der Waals surface area (Å²) < 4.78 is 5.28. The first-order valence-electron chi connectivity index (χ1n) is 12.2. The number of aromatic carboxylic acids is 1. The molecule has 1 N–H and O–H groups in total. The monoisotopic (exact) mass is 489 g/mol. The average molecular weight is 490 g/mol. The maximum absolute atomic E-state index is 13.2. The van der Waals surface area contributed by atoms with Crippen LogP contribution in [-0.2, 0) is 4.74 Å². The molecule has 0 unspecified atom stereocenters. The van der Waals surface area contributed by atoms with Crippen molar-refractivity contribution in [1.82, 2.24) is 14.8 Å². The van der Waals surface area contributed by atoms with Crippen LogP contribution < -0.4 is 0 Å². The SMILES string of the molecule is CCCCOC(=O)N1CCN(C(=O)c2ccc3c(C)cc(-c4ccc(C(=O)O)c(C)c4)nc3c2)CC1. The van der Waals surface area contributed by atoms with E-state index in [0.29, 0.717) is 49.4 Å². The van der Waals surface area contributed by atoms with Crippen LogP contribution in [0.1, 0.15) is 51.6 Å². The summed E-state index contributed by atoms with van der Waals surface area (Å²) in [6.07, 6.45) is 1.49. The van der Waals surface area contributed by atoms with Gasteiger partial charge in [-0.2, -0.15) is 0 Å². The molecule has 1 aliphatic heterocycles. The van der Waals surface area contributed by atoms with E-state index in [9.17, 15) is 19.5 Å². The Hall–Kier alpha value is -3.94. The van der Waals surface area contributed by atoms with Crippen LogP contribution in [0.3, 0.4) is 0 Å². The van der Waals surface area contributed by atoms with Crippen LogP contribution in [-0.4, -0.2) is 70.6 Å². The number of carbonyl (C=O) groups is 3. The van der Waals surface area contributed by atoms with Gasteiger partial charge in [-0.25, -0.2) is 14.6 Å². The highest BCUT2D eigenvalue weighted by Gasteiger charge is 2.26. The van der Waals surface area contributed by atoms with Crippen LogP contribution in [0.2, 0.25) is 0 Å². The smallest absolute Gasteiger partial charge is 0.409 e. The lowest BCUT2D eigenvalue weighted by molar-refractivity contribution is 0.0558. The van der Waals surface area contributed by atoms with Gasteiger partial charge < -0.3 is 19.6 Å². The number of ether oxygens (including phenoxy) is 1. The largest absolute Gasteiger partial charge is 0.478 e. The van der Waals surface area contributed by atoms with E-state index in [1.807, 2.05) is 38.1 Å². The second-order valence-corrected chi connectivity index (χ2v) is 9.14. The zero-order chi connectivity index (χ0) is 25.8. The van der Waals surface area contributed by atoms with Crippen molar-refractivity contribution >= 4 is 28.9 Å². The van der Waals surface area contributed by atoms with Crippen molar-refractivity contribution in [2.45, 2.75) is 33.6 Å². The molecule has 3 aromatic rings. The Morgan fingerprint density at radius 3 is 2.33 bits per heavy atom. The van der Waals surface area contributed by atoms with Gasteiger partial charge in [-0.3, -0.25) is 4.79 Å². The van der Waals surface area contributed by atoms with Gasteiger partial charge in [-0.15, -0.1) is 0 Å². The van der Waals surface area contributed by atoms with Crippen LogP contribution in [0.5, 0.6) is 0 Å². The fraction of sp³-hybridized carbons (Fsp3) is 0.357. The quantitative estimate of drug-likeness (QED) is 0.494. The maximum Gasteiger partial charge on any atom is 0.409 e. The van der Waals surface area contributed by atoms with E-state index in [-0.39, 0.29) is 17.6 Å². The Morgan fingerprint density at radius 1 is 0.944 bits per heavy atom. The Kier molecular flexibility index (Phi) is 7.52. The first kappa shape index (κ1) is 25.2. The highest BCUT2D eigenvalue weighted by Crippen LogP contribution is 2.27. The zero-order valence-electron chi connectivity index (χ0n) is 20.9. The minimum Gasteiger partial charge on any atom is -0.478 e. The number of hydrogen-bond donors (Lipinski definition) is 1. The van der Waals surface area contributed by atoms with Crippen molar-refractivity contribution < 1.29 is 24.2 Å². The lowest BCUT2D eigenvalue weighted by Crippen LogP contribution is -2.50. The minimum absolute atomic E-state index is 0.0950. The number of pyridine rings is 1. The number of nitrogens with zero attached hydrogens (tertiary/aromatic N) is 3. The van der Waals surface area contributed by atoms with Gasteiger partial charge in [0, 0.05) is 42.7 Å². The number of rotatable bonds is 6. The third-order valence-corrected chi connectivity index (χ3v) is 6.56. The van der Waals surface area contributed by atoms with E-state index in [4.69, 9.17) is 9.72 Å². The summed E-state index contributed by atoms with van der Waals surface area (Å²) >= 11 is 0. The molecular weight excluding hydrogens is 458 g/mol. The topological polar surface area (TPSA) is 100 Å². The summed E-state index contributed by atoms with van der Waals surface area (Å²) in [5.41, 5.74) is 4.73. The number of aryl methyl sites for hydroxylation is 2. The molecular formula is C28H31N3O5. The molecule has 0 radical (unpaired) electrons. The summed E-state index contributed by atoms with van der Waals surface area (Å²) in [7, 11) is 0. The van der Waals surface area contributed by atoms with E-state index >= 15 is 0 Å². The number of fused-ring (bicyclic) bond motifs is 1. The molecule has 1 saturated heterocycles. The first-order chi connectivity index (χ1) is 17.3. The number of hydrogen-bond acceptors (Lipinski definition) is 5. The maximum atomic E-state index is 13.2. The number of amides is 2. The lowest BCUT2D eigenvalue weighted by atomic mass is 10.00. The summed E-state index contributed by atoms with van der Waals surface area (Å²) in [6.45, 7) is 8.00. The third kappa shape index (κ3) is 5.32. The van der Waals surface area contributed by atoms with Gasteiger partial charge in [0.2, 0.25) is 0 Å². The number of unbranched alkanes of at least 4 members (excludes halogenated alkanes) is 1. The van der Waals surface area contributed by atoms with Crippen LogP contribution in [0, 0.1) is 13.8 Å². The first-order valence-corrected chi connectivity index (χ1v) is 12.2.